The standard InChI is InChI=1S/C6H8N2.C2H6.CH3B/c1-5-3-4-7-6(2)8-5;2*1-2/h3-4H,1-2H3;1-2H3;1H3. The summed E-state index contributed by atoms with van der Waals surface area (Å²) in [6.45, 7) is 9.34. The van der Waals surface area contributed by atoms with Crippen molar-refractivity contribution in [1.82, 2.24) is 9.97 Å². The van der Waals surface area contributed by atoms with Crippen LogP contribution >= 0.6 is 0 Å². The maximum Gasteiger partial charge on any atom is 0.125 e. The van der Waals surface area contributed by atoms with E-state index < -0.39 is 0 Å². The lowest BCUT2D eigenvalue weighted by Crippen LogP contribution is -1.86. The van der Waals surface area contributed by atoms with E-state index >= 15 is 0 Å². The van der Waals surface area contributed by atoms with Crippen molar-refractivity contribution >= 4 is 7.85 Å². The van der Waals surface area contributed by atoms with E-state index in [1.54, 1.807) is 6.20 Å². The molecule has 0 saturated carbocycles. The molecule has 1 aromatic rings. The third-order valence-corrected chi connectivity index (χ3v) is 0.915. The van der Waals surface area contributed by atoms with Crippen LogP contribution in [0.3, 0.4) is 0 Å². The number of hydrogen-bond acceptors (Lipinski definition) is 2. The average Bonchev–Trinajstić information content (AvgIpc) is 2.11. The molecule has 2 nitrogen and oxygen atoms in total. The lowest BCUT2D eigenvalue weighted by atomic mass is 10.2. The van der Waals surface area contributed by atoms with Crippen molar-refractivity contribution in [3.05, 3.63) is 23.8 Å². The van der Waals surface area contributed by atoms with Crippen LogP contribution in [0.2, 0.25) is 6.82 Å². The molecule has 0 unspecified atom stereocenters. The summed E-state index contributed by atoms with van der Waals surface area (Å²) < 4.78 is 0. The highest BCUT2D eigenvalue weighted by Crippen LogP contribution is 1.88. The van der Waals surface area contributed by atoms with Gasteiger partial charge in [-0.3, -0.25) is 0 Å². The molecule has 66 valence electrons. The van der Waals surface area contributed by atoms with Crippen molar-refractivity contribution in [2.75, 3.05) is 0 Å². The van der Waals surface area contributed by atoms with Gasteiger partial charge in [0, 0.05) is 11.9 Å². The van der Waals surface area contributed by atoms with Gasteiger partial charge in [0.1, 0.15) is 5.82 Å². The summed E-state index contributed by atoms with van der Waals surface area (Å²) in [6, 6.07) is 1.88. The Labute approximate surface area is 76.9 Å². The molecule has 0 bridgehead atoms. The maximum absolute atomic E-state index is 4.50. The predicted octanol–water partition coefficient (Wildman–Crippen LogP) is 2.32. The zero-order valence-electron chi connectivity index (χ0n) is 8.63. The fourth-order valence-electron chi connectivity index (χ4n) is 0.574. The van der Waals surface area contributed by atoms with Gasteiger partial charge in [-0.2, -0.15) is 0 Å². The highest BCUT2D eigenvalue weighted by molar-refractivity contribution is 6.05. The molecule has 0 aliphatic heterocycles. The molecule has 0 N–H and O–H groups in total. The smallest absolute Gasteiger partial charge is 0.125 e. The van der Waals surface area contributed by atoms with Crippen LogP contribution in [0.4, 0.5) is 0 Å². The van der Waals surface area contributed by atoms with E-state index in [0.29, 0.717) is 0 Å². The van der Waals surface area contributed by atoms with Gasteiger partial charge in [-0.25, -0.2) is 9.97 Å². The molecule has 0 aromatic carbocycles. The maximum atomic E-state index is 4.50. The normalized spacial score (nSPS) is 7.08. The van der Waals surface area contributed by atoms with E-state index in [2.05, 4.69) is 17.8 Å². The average molecular weight is 164 g/mol. The monoisotopic (exact) mass is 164 g/mol. The van der Waals surface area contributed by atoms with E-state index in [9.17, 15) is 0 Å². The Morgan fingerprint density at radius 2 is 1.67 bits per heavy atom. The fourth-order valence-corrected chi connectivity index (χ4v) is 0.574. The van der Waals surface area contributed by atoms with E-state index in [1.807, 2.05) is 33.8 Å². The molecule has 0 fully saturated rings. The minimum atomic E-state index is 0.838. The summed E-state index contributed by atoms with van der Waals surface area (Å²) in [5.41, 5.74) is 1.03. The van der Waals surface area contributed by atoms with Crippen LogP contribution in [-0.4, -0.2) is 17.8 Å². The summed E-state index contributed by atoms with van der Waals surface area (Å²) in [5.74, 6) is 0.838. The summed E-state index contributed by atoms with van der Waals surface area (Å²) in [5, 5.41) is 0. The van der Waals surface area contributed by atoms with Crippen molar-refractivity contribution in [2.24, 2.45) is 0 Å². The van der Waals surface area contributed by atoms with Crippen molar-refractivity contribution in [3.8, 4) is 0 Å². The van der Waals surface area contributed by atoms with Gasteiger partial charge in [-0.15, -0.1) is 0 Å². The molecular weight excluding hydrogens is 147 g/mol. The second kappa shape index (κ2) is 10.1. The molecule has 0 saturated heterocycles. The molecule has 0 aliphatic carbocycles. The predicted molar refractivity (Wildman–Crippen MR) is 54.5 cm³/mol. The molecular formula is C9H17BN2. The van der Waals surface area contributed by atoms with Crippen LogP contribution in [0.15, 0.2) is 12.3 Å². The number of rotatable bonds is 0. The van der Waals surface area contributed by atoms with Gasteiger partial charge >= 0.3 is 0 Å². The first kappa shape index (κ1) is 13.7. The molecule has 0 amide bonds. The van der Waals surface area contributed by atoms with Crippen LogP contribution in [0.25, 0.3) is 0 Å². The first-order valence-corrected chi connectivity index (χ1v) is 4.13. The van der Waals surface area contributed by atoms with Gasteiger partial charge in [0.05, 0.1) is 7.85 Å². The van der Waals surface area contributed by atoms with Crippen LogP contribution in [0, 0.1) is 13.8 Å². The second-order valence-electron chi connectivity index (χ2n) is 1.75. The Bertz CT molecular complexity index is 172. The van der Waals surface area contributed by atoms with E-state index in [0.717, 1.165) is 11.5 Å². The number of aryl methyl sites for hydroxylation is 2. The lowest BCUT2D eigenvalue weighted by Gasteiger charge is -1.89. The Kier molecular flexibility index (Phi) is 11.6. The minimum absolute atomic E-state index is 0.838. The Morgan fingerprint density at radius 3 is 1.92 bits per heavy atom. The summed E-state index contributed by atoms with van der Waals surface area (Å²) in [4.78, 5) is 7.99. The highest BCUT2D eigenvalue weighted by Gasteiger charge is 1.83. The van der Waals surface area contributed by atoms with E-state index in [4.69, 9.17) is 0 Å². The first-order chi connectivity index (χ1) is 5.79. The molecule has 12 heavy (non-hydrogen) atoms. The largest absolute Gasteiger partial charge is 0.242 e. The van der Waals surface area contributed by atoms with E-state index in [-0.39, 0.29) is 0 Å². The number of aromatic nitrogens is 2. The van der Waals surface area contributed by atoms with Gasteiger partial charge < -0.3 is 0 Å². The van der Waals surface area contributed by atoms with Crippen LogP contribution in [-0.2, 0) is 0 Å². The topological polar surface area (TPSA) is 25.8 Å². The molecule has 2 radical (unpaired) electrons. The summed E-state index contributed by atoms with van der Waals surface area (Å²) >= 11 is 0. The zero-order valence-corrected chi connectivity index (χ0v) is 8.63. The Hall–Kier alpha value is -0.855. The SMILES string of the molecule is CC.Cc1ccnc(C)n1.[B]C. The van der Waals surface area contributed by atoms with Crippen molar-refractivity contribution < 1.29 is 0 Å². The van der Waals surface area contributed by atoms with Gasteiger partial charge in [0.25, 0.3) is 0 Å². The van der Waals surface area contributed by atoms with Crippen molar-refractivity contribution in [3.63, 3.8) is 0 Å². The van der Waals surface area contributed by atoms with Crippen LogP contribution in [0.1, 0.15) is 25.4 Å². The quantitative estimate of drug-likeness (QED) is 0.550. The Morgan fingerprint density at radius 1 is 1.17 bits per heavy atom. The lowest BCUT2D eigenvalue weighted by molar-refractivity contribution is 1.01. The third kappa shape index (κ3) is 7.25. The molecule has 1 aromatic heterocycles. The van der Waals surface area contributed by atoms with Crippen molar-refractivity contribution in [1.29, 1.82) is 0 Å². The molecule has 1 rings (SSSR count). The molecule has 1 heterocycles. The fraction of sp³-hybridized carbons (Fsp3) is 0.556. The third-order valence-electron chi connectivity index (χ3n) is 0.915. The highest BCUT2D eigenvalue weighted by atomic mass is 14.9. The van der Waals surface area contributed by atoms with Gasteiger partial charge in [0.2, 0.25) is 0 Å². The van der Waals surface area contributed by atoms with Crippen molar-refractivity contribution in [2.45, 2.75) is 34.5 Å². The van der Waals surface area contributed by atoms with Gasteiger partial charge in [0.15, 0.2) is 0 Å². The second-order valence-corrected chi connectivity index (χ2v) is 1.75. The van der Waals surface area contributed by atoms with Gasteiger partial charge in [-0.05, 0) is 19.9 Å². The summed E-state index contributed by atoms with van der Waals surface area (Å²) in [7, 11) is 4.50. The van der Waals surface area contributed by atoms with Gasteiger partial charge in [-0.1, -0.05) is 20.7 Å². The number of nitrogens with zero attached hydrogens (tertiary/aromatic N) is 2. The first-order valence-electron chi connectivity index (χ1n) is 4.13. The minimum Gasteiger partial charge on any atom is -0.242 e. The molecule has 3 heteroatoms. The number of hydrogen-bond donors (Lipinski definition) is 0. The van der Waals surface area contributed by atoms with Crippen LogP contribution < -0.4 is 0 Å². The Balaban J connectivity index is 0. The summed E-state index contributed by atoms with van der Waals surface area (Å²) in [6.07, 6.45) is 1.76. The zero-order chi connectivity index (χ0) is 9.98. The molecule has 0 aliphatic rings. The molecule has 0 atom stereocenters. The molecule has 0 spiro atoms. The van der Waals surface area contributed by atoms with E-state index in [1.165, 1.54) is 6.82 Å². The van der Waals surface area contributed by atoms with Crippen LogP contribution in [0.5, 0.6) is 0 Å².